The molecule has 3 N–H and O–H groups in total. The molecule has 8 heteroatoms. The lowest BCUT2D eigenvalue weighted by molar-refractivity contribution is -0.0173. The van der Waals surface area contributed by atoms with Gasteiger partial charge in [0.25, 0.3) is 0 Å². The number of ether oxygens (including phenoxy) is 2. The second kappa shape index (κ2) is 7.78. The minimum Gasteiger partial charge on any atom is -0.444 e. The van der Waals surface area contributed by atoms with E-state index in [0.29, 0.717) is 18.9 Å². The fourth-order valence-corrected chi connectivity index (χ4v) is 2.70. The molecule has 0 aromatic carbocycles. The van der Waals surface area contributed by atoms with Gasteiger partial charge in [-0.2, -0.15) is 5.43 Å². The van der Waals surface area contributed by atoms with E-state index in [1.165, 1.54) is 5.01 Å². The molecule has 144 valence electrons. The van der Waals surface area contributed by atoms with Crippen molar-refractivity contribution >= 4 is 12.2 Å². The molecule has 2 amide bonds. The highest BCUT2D eigenvalue weighted by molar-refractivity contribution is 5.69. The Hall–Kier alpha value is -1.54. The number of carbonyl (C=O) groups is 2. The Bertz CT molecular complexity index is 487. The van der Waals surface area contributed by atoms with Crippen LogP contribution in [0.15, 0.2) is 0 Å². The molecule has 8 nitrogen and oxygen atoms in total. The van der Waals surface area contributed by atoms with Gasteiger partial charge in [0.1, 0.15) is 11.7 Å². The SMILES string of the molecule is CC(C)C[C@H](NC(=O)OC(C)(C)C)C(O)C1NN(CC2CC2)C(=O)O1. The number of hydrogen-bond acceptors (Lipinski definition) is 6. The summed E-state index contributed by atoms with van der Waals surface area (Å²) in [6.07, 6.45) is -0.316. The molecule has 0 spiro atoms. The number of hydrazine groups is 1. The van der Waals surface area contributed by atoms with E-state index in [1.807, 2.05) is 13.8 Å². The van der Waals surface area contributed by atoms with Crippen LogP contribution in [0.3, 0.4) is 0 Å². The summed E-state index contributed by atoms with van der Waals surface area (Å²) < 4.78 is 10.5. The first kappa shape index (κ1) is 19.8. The fraction of sp³-hybridized carbons (Fsp3) is 0.882. The quantitative estimate of drug-likeness (QED) is 0.644. The van der Waals surface area contributed by atoms with Crippen LogP contribution in [0.5, 0.6) is 0 Å². The first-order chi connectivity index (χ1) is 11.5. The normalized spacial score (nSPS) is 23.4. The molecule has 25 heavy (non-hydrogen) atoms. The van der Waals surface area contributed by atoms with Crippen molar-refractivity contribution in [2.75, 3.05) is 6.54 Å². The number of amides is 2. The first-order valence-electron chi connectivity index (χ1n) is 8.97. The van der Waals surface area contributed by atoms with Crippen LogP contribution in [0.4, 0.5) is 9.59 Å². The molecule has 0 radical (unpaired) electrons. The maximum atomic E-state index is 12.1. The summed E-state index contributed by atoms with van der Waals surface area (Å²) in [6.45, 7) is 9.88. The lowest BCUT2D eigenvalue weighted by Gasteiger charge is -2.29. The number of alkyl carbamates (subject to hydrolysis) is 1. The number of rotatable bonds is 7. The van der Waals surface area contributed by atoms with E-state index in [4.69, 9.17) is 9.47 Å². The van der Waals surface area contributed by atoms with Gasteiger partial charge in [-0.1, -0.05) is 13.8 Å². The van der Waals surface area contributed by atoms with Crippen LogP contribution >= 0.6 is 0 Å². The van der Waals surface area contributed by atoms with E-state index < -0.39 is 36.2 Å². The number of cyclic esters (lactones) is 1. The minimum atomic E-state index is -1.08. The summed E-state index contributed by atoms with van der Waals surface area (Å²) in [6, 6.07) is -0.596. The molecular weight excluding hydrogens is 326 g/mol. The van der Waals surface area contributed by atoms with Gasteiger partial charge in [0.2, 0.25) is 0 Å². The molecule has 1 saturated carbocycles. The molecule has 3 atom stereocenters. The summed E-state index contributed by atoms with van der Waals surface area (Å²) in [5.74, 6) is 0.733. The summed E-state index contributed by atoms with van der Waals surface area (Å²) in [4.78, 5) is 24.0. The summed E-state index contributed by atoms with van der Waals surface area (Å²) in [5.41, 5.74) is 2.28. The van der Waals surface area contributed by atoms with E-state index in [1.54, 1.807) is 20.8 Å². The molecule has 1 aliphatic carbocycles. The van der Waals surface area contributed by atoms with E-state index >= 15 is 0 Å². The fourth-order valence-electron chi connectivity index (χ4n) is 2.70. The highest BCUT2D eigenvalue weighted by Crippen LogP contribution is 2.30. The predicted molar refractivity (Wildman–Crippen MR) is 91.5 cm³/mol. The highest BCUT2D eigenvalue weighted by atomic mass is 16.6. The van der Waals surface area contributed by atoms with E-state index in [0.717, 1.165) is 12.8 Å². The molecule has 0 aromatic rings. The van der Waals surface area contributed by atoms with Crippen LogP contribution in [-0.2, 0) is 9.47 Å². The standard InChI is InChI=1S/C17H31N3O5/c1-10(2)8-12(18-15(22)25-17(3,4)5)13(21)14-19-20(16(23)24-14)9-11-6-7-11/h10-14,19,21H,6-9H2,1-5H3,(H,18,22)/t12-,13?,14?/m0/s1. The van der Waals surface area contributed by atoms with Gasteiger partial charge in [-0.25, -0.2) is 14.6 Å². The summed E-state index contributed by atoms with van der Waals surface area (Å²) in [7, 11) is 0. The predicted octanol–water partition coefficient (Wildman–Crippen LogP) is 1.98. The Balaban J connectivity index is 1.96. The first-order valence-corrected chi connectivity index (χ1v) is 8.97. The van der Waals surface area contributed by atoms with Gasteiger partial charge < -0.3 is 19.9 Å². The van der Waals surface area contributed by atoms with Crippen LogP contribution in [0.1, 0.15) is 53.9 Å². The number of nitrogens with zero attached hydrogens (tertiary/aromatic N) is 1. The number of hydrogen-bond donors (Lipinski definition) is 3. The third kappa shape index (κ3) is 6.36. The molecule has 1 saturated heterocycles. The van der Waals surface area contributed by atoms with Crippen LogP contribution in [0.2, 0.25) is 0 Å². The van der Waals surface area contributed by atoms with Crippen LogP contribution < -0.4 is 10.7 Å². The lowest BCUT2D eigenvalue weighted by atomic mass is 9.98. The zero-order valence-corrected chi connectivity index (χ0v) is 15.7. The topological polar surface area (TPSA) is 100 Å². The van der Waals surface area contributed by atoms with Gasteiger partial charge in [-0.3, -0.25) is 0 Å². The molecule has 2 fully saturated rings. The maximum Gasteiger partial charge on any atom is 0.426 e. The van der Waals surface area contributed by atoms with Crippen molar-refractivity contribution in [3.8, 4) is 0 Å². The average Bonchev–Trinajstić information content (AvgIpc) is 3.18. The van der Waals surface area contributed by atoms with E-state index in [2.05, 4.69) is 10.7 Å². The molecule has 2 aliphatic rings. The van der Waals surface area contributed by atoms with E-state index in [9.17, 15) is 14.7 Å². The second-order valence-electron chi connectivity index (χ2n) is 8.36. The summed E-state index contributed by atoms with van der Waals surface area (Å²) >= 11 is 0. The van der Waals surface area contributed by atoms with Gasteiger partial charge in [0.05, 0.1) is 6.04 Å². The minimum absolute atomic E-state index is 0.231. The van der Waals surface area contributed by atoms with Crippen molar-refractivity contribution in [2.24, 2.45) is 11.8 Å². The van der Waals surface area contributed by atoms with Crippen LogP contribution in [0, 0.1) is 11.8 Å². The monoisotopic (exact) mass is 357 g/mol. The average molecular weight is 357 g/mol. The molecule has 1 aliphatic heterocycles. The zero-order valence-electron chi connectivity index (χ0n) is 15.7. The highest BCUT2D eigenvalue weighted by Gasteiger charge is 2.41. The Kier molecular flexibility index (Phi) is 6.16. The summed E-state index contributed by atoms with van der Waals surface area (Å²) in [5, 5.41) is 14.8. The van der Waals surface area contributed by atoms with Crippen molar-refractivity contribution in [3.05, 3.63) is 0 Å². The maximum absolute atomic E-state index is 12.1. The third-order valence-electron chi connectivity index (χ3n) is 4.02. The molecule has 2 rings (SSSR count). The lowest BCUT2D eigenvalue weighted by Crippen LogP contribution is -2.54. The number of carbonyl (C=O) groups excluding carboxylic acids is 2. The molecule has 1 heterocycles. The van der Waals surface area contributed by atoms with Gasteiger partial charge in [-0.15, -0.1) is 0 Å². The molecular formula is C17H31N3O5. The van der Waals surface area contributed by atoms with Gasteiger partial charge in [0.15, 0.2) is 6.23 Å². The second-order valence-corrected chi connectivity index (χ2v) is 8.36. The molecule has 0 bridgehead atoms. The van der Waals surface area contributed by atoms with Crippen LogP contribution in [-0.4, -0.2) is 52.8 Å². The Morgan fingerprint density at radius 3 is 2.60 bits per heavy atom. The van der Waals surface area contributed by atoms with Crippen LogP contribution in [0.25, 0.3) is 0 Å². The van der Waals surface area contributed by atoms with Crippen molar-refractivity contribution in [2.45, 2.75) is 77.9 Å². The number of nitrogens with one attached hydrogen (secondary N) is 2. The van der Waals surface area contributed by atoms with Gasteiger partial charge >= 0.3 is 12.2 Å². The largest absolute Gasteiger partial charge is 0.444 e. The van der Waals surface area contributed by atoms with Crippen molar-refractivity contribution in [1.82, 2.24) is 15.8 Å². The third-order valence-corrected chi connectivity index (χ3v) is 4.02. The van der Waals surface area contributed by atoms with Crippen molar-refractivity contribution in [1.29, 1.82) is 0 Å². The van der Waals surface area contributed by atoms with Crippen molar-refractivity contribution < 1.29 is 24.2 Å². The Morgan fingerprint density at radius 1 is 1.44 bits per heavy atom. The Labute approximate surface area is 149 Å². The molecule has 2 unspecified atom stereocenters. The van der Waals surface area contributed by atoms with Crippen molar-refractivity contribution in [3.63, 3.8) is 0 Å². The van der Waals surface area contributed by atoms with Gasteiger partial charge in [0, 0.05) is 6.54 Å². The van der Waals surface area contributed by atoms with Gasteiger partial charge in [-0.05, 0) is 51.9 Å². The zero-order chi connectivity index (χ0) is 18.8. The smallest absolute Gasteiger partial charge is 0.426 e. The number of aliphatic hydroxyl groups excluding tert-OH is 1. The van der Waals surface area contributed by atoms with E-state index in [-0.39, 0.29) is 5.92 Å². The molecule has 0 aromatic heterocycles. The Morgan fingerprint density at radius 2 is 2.08 bits per heavy atom. The number of aliphatic hydroxyl groups is 1.